The van der Waals surface area contributed by atoms with Crippen LogP contribution in [0.4, 0.5) is 5.69 Å². The van der Waals surface area contributed by atoms with Crippen LogP contribution in [0.1, 0.15) is 17.5 Å². The summed E-state index contributed by atoms with van der Waals surface area (Å²) in [6.45, 7) is 1.98. The van der Waals surface area contributed by atoms with E-state index in [1.54, 1.807) is 6.07 Å². The molecular weight excluding hydrogens is 405 g/mol. The Hall–Kier alpha value is -1.89. The first kappa shape index (κ1) is 17.5. The van der Waals surface area contributed by atoms with Gasteiger partial charge in [0.2, 0.25) is 5.91 Å². The molecule has 0 heterocycles. The Kier molecular flexibility index (Phi) is 6.15. The molecule has 0 aromatic heterocycles. The third-order valence-electron chi connectivity index (χ3n) is 3.52. The zero-order valence-electron chi connectivity index (χ0n) is 12.7. The molecule has 0 radical (unpaired) electrons. The van der Waals surface area contributed by atoms with Crippen LogP contribution in [0.5, 0.6) is 0 Å². The molecule has 0 aliphatic heterocycles. The van der Waals surface area contributed by atoms with Crippen molar-refractivity contribution in [1.82, 2.24) is 0 Å². The third kappa shape index (κ3) is 5.35. The van der Waals surface area contributed by atoms with Crippen molar-refractivity contribution in [3.05, 3.63) is 63.2 Å². The molecule has 2 aromatic rings. The number of hydrogen-bond acceptors (Lipinski definition) is 3. The van der Waals surface area contributed by atoms with Gasteiger partial charge >= 0.3 is 0 Å². The van der Waals surface area contributed by atoms with E-state index in [2.05, 4.69) is 27.9 Å². The SMILES string of the molecule is Cc1ccc(C[C@@H](CC(=O)[O-])C(=O)Nc2ccccc2I)cc1. The van der Waals surface area contributed by atoms with Gasteiger partial charge in [0.25, 0.3) is 0 Å². The maximum absolute atomic E-state index is 12.5. The molecule has 120 valence electrons. The Morgan fingerprint density at radius 3 is 2.39 bits per heavy atom. The van der Waals surface area contributed by atoms with Gasteiger partial charge in [0.15, 0.2) is 0 Å². The monoisotopic (exact) mass is 422 g/mol. The Labute approximate surface area is 149 Å². The van der Waals surface area contributed by atoms with Crippen LogP contribution in [0.3, 0.4) is 0 Å². The molecule has 0 saturated heterocycles. The van der Waals surface area contributed by atoms with Crippen LogP contribution in [0.25, 0.3) is 0 Å². The van der Waals surface area contributed by atoms with Gasteiger partial charge in [-0.2, -0.15) is 0 Å². The molecule has 1 N–H and O–H groups in total. The van der Waals surface area contributed by atoms with Crippen LogP contribution in [0, 0.1) is 16.4 Å². The fraction of sp³-hybridized carbons (Fsp3) is 0.222. The number of halogens is 1. The van der Waals surface area contributed by atoms with Gasteiger partial charge in [-0.1, -0.05) is 42.0 Å². The number of rotatable bonds is 6. The summed E-state index contributed by atoms with van der Waals surface area (Å²) in [7, 11) is 0. The van der Waals surface area contributed by atoms with Gasteiger partial charge in [0.1, 0.15) is 0 Å². The molecule has 0 fully saturated rings. The quantitative estimate of drug-likeness (QED) is 0.728. The van der Waals surface area contributed by atoms with Crippen molar-refractivity contribution in [2.24, 2.45) is 5.92 Å². The highest BCUT2D eigenvalue weighted by Gasteiger charge is 2.20. The number of nitrogens with one attached hydrogen (secondary N) is 1. The summed E-state index contributed by atoms with van der Waals surface area (Å²) in [4.78, 5) is 23.5. The highest BCUT2D eigenvalue weighted by Crippen LogP contribution is 2.20. The van der Waals surface area contributed by atoms with Crippen LogP contribution in [0.15, 0.2) is 48.5 Å². The van der Waals surface area contributed by atoms with Gasteiger partial charge in [-0.3, -0.25) is 4.79 Å². The van der Waals surface area contributed by atoms with Crippen molar-refractivity contribution >= 4 is 40.2 Å². The second kappa shape index (κ2) is 8.10. The van der Waals surface area contributed by atoms with E-state index in [4.69, 9.17) is 0 Å². The van der Waals surface area contributed by atoms with E-state index >= 15 is 0 Å². The first-order valence-corrected chi connectivity index (χ1v) is 8.34. The molecule has 5 heteroatoms. The fourth-order valence-corrected chi connectivity index (χ4v) is 2.79. The average molecular weight is 422 g/mol. The maximum atomic E-state index is 12.5. The summed E-state index contributed by atoms with van der Waals surface area (Å²) in [5, 5.41) is 13.8. The molecule has 0 aliphatic rings. The largest absolute Gasteiger partial charge is 0.550 e. The first-order chi connectivity index (χ1) is 11.0. The molecule has 0 unspecified atom stereocenters. The zero-order valence-corrected chi connectivity index (χ0v) is 14.9. The number of aryl methyl sites for hydroxylation is 1. The molecule has 1 amide bonds. The Morgan fingerprint density at radius 2 is 1.78 bits per heavy atom. The van der Waals surface area contributed by atoms with Crippen LogP contribution < -0.4 is 10.4 Å². The van der Waals surface area contributed by atoms with E-state index in [9.17, 15) is 14.7 Å². The zero-order chi connectivity index (χ0) is 16.8. The van der Waals surface area contributed by atoms with E-state index < -0.39 is 11.9 Å². The minimum absolute atomic E-state index is 0.302. The number of benzene rings is 2. The molecule has 23 heavy (non-hydrogen) atoms. The van der Waals surface area contributed by atoms with E-state index in [0.717, 1.165) is 14.7 Å². The Morgan fingerprint density at radius 1 is 1.13 bits per heavy atom. The fourth-order valence-electron chi connectivity index (χ4n) is 2.26. The predicted octanol–water partition coefficient (Wildman–Crippen LogP) is 2.54. The summed E-state index contributed by atoms with van der Waals surface area (Å²) in [5.74, 6) is -2.20. The number of anilines is 1. The Bertz CT molecular complexity index is 698. The normalized spacial score (nSPS) is 11.7. The molecule has 1 atom stereocenters. The third-order valence-corrected chi connectivity index (χ3v) is 4.46. The van der Waals surface area contributed by atoms with Gasteiger partial charge in [-0.15, -0.1) is 0 Å². The number of para-hydroxylation sites is 1. The Balaban J connectivity index is 2.13. The van der Waals surface area contributed by atoms with Crippen molar-refractivity contribution in [2.75, 3.05) is 5.32 Å². The second-order valence-corrected chi connectivity index (χ2v) is 6.59. The summed E-state index contributed by atoms with van der Waals surface area (Å²) >= 11 is 2.13. The predicted molar refractivity (Wildman–Crippen MR) is 95.8 cm³/mol. The average Bonchev–Trinajstić information content (AvgIpc) is 2.50. The summed E-state index contributed by atoms with van der Waals surface area (Å²) in [6, 6.07) is 15.1. The lowest BCUT2D eigenvalue weighted by atomic mass is 9.94. The lowest BCUT2D eigenvalue weighted by molar-refractivity contribution is -0.306. The lowest BCUT2D eigenvalue weighted by Gasteiger charge is -2.18. The number of aliphatic carboxylic acids is 1. The molecule has 0 bridgehead atoms. The summed E-state index contributed by atoms with van der Waals surface area (Å²) < 4.78 is 0.904. The van der Waals surface area contributed by atoms with Gasteiger partial charge in [0, 0.05) is 15.5 Å². The van der Waals surface area contributed by atoms with Gasteiger partial charge in [-0.05, 0) is 60.1 Å². The van der Waals surface area contributed by atoms with E-state index in [-0.39, 0.29) is 12.3 Å². The van der Waals surface area contributed by atoms with Gasteiger partial charge in [-0.25, -0.2) is 0 Å². The van der Waals surface area contributed by atoms with Crippen LogP contribution in [0.2, 0.25) is 0 Å². The first-order valence-electron chi connectivity index (χ1n) is 7.26. The van der Waals surface area contributed by atoms with Crippen molar-refractivity contribution in [3.8, 4) is 0 Å². The molecule has 2 rings (SSSR count). The minimum Gasteiger partial charge on any atom is -0.550 e. The highest BCUT2D eigenvalue weighted by molar-refractivity contribution is 14.1. The van der Waals surface area contributed by atoms with Crippen molar-refractivity contribution in [1.29, 1.82) is 0 Å². The topological polar surface area (TPSA) is 69.2 Å². The minimum atomic E-state index is -1.22. The molecular formula is C18H17INO3-. The number of carboxylic acid groups (broad SMARTS) is 1. The van der Waals surface area contributed by atoms with E-state index in [0.29, 0.717) is 12.1 Å². The van der Waals surface area contributed by atoms with Crippen LogP contribution in [-0.2, 0) is 16.0 Å². The van der Waals surface area contributed by atoms with Crippen molar-refractivity contribution < 1.29 is 14.7 Å². The molecule has 0 saturated carbocycles. The number of amides is 1. The number of hydrogen-bond donors (Lipinski definition) is 1. The summed E-state index contributed by atoms with van der Waals surface area (Å²) in [5.41, 5.74) is 2.73. The van der Waals surface area contributed by atoms with E-state index in [1.165, 1.54) is 0 Å². The van der Waals surface area contributed by atoms with Gasteiger partial charge in [0.05, 0.1) is 5.69 Å². The lowest BCUT2D eigenvalue weighted by Crippen LogP contribution is -2.32. The van der Waals surface area contributed by atoms with Crippen LogP contribution in [-0.4, -0.2) is 11.9 Å². The number of carboxylic acids is 1. The number of carbonyl (C=O) groups excluding carboxylic acids is 2. The van der Waals surface area contributed by atoms with Crippen molar-refractivity contribution in [2.45, 2.75) is 19.8 Å². The van der Waals surface area contributed by atoms with Gasteiger partial charge < -0.3 is 15.2 Å². The molecule has 2 aromatic carbocycles. The maximum Gasteiger partial charge on any atom is 0.228 e. The standard InChI is InChI=1S/C18H18INO3/c1-12-6-8-13(9-7-12)10-14(11-17(21)22)18(23)20-16-5-3-2-4-15(16)19/h2-9,14H,10-11H2,1H3,(H,20,23)(H,21,22)/p-1/t14-/m0/s1. The smallest absolute Gasteiger partial charge is 0.228 e. The second-order valence-electron chi connectivity index (χ2n) is 5.43. The van der Waals surface area contributed by atoms with E-state index in [1.807, 2.05) is 49.4 Å². The molecule has 4 nitrogen and oxygen atoms in total. The molecule has 0 spiro atoms. The highest BCUT2D eigenvalue weighted by atomic mass is 127. The van der Waals surface area contributed by atoms with Crippen molar-refractivity contribution in [3.63, 3.8) is 0 Å². The van der Waals surface area contributed by atoms with Crippen LogP contribution >= 0.6 is 22.6 Å². The molecule has 0 aliphatic carbocycles. The number of carbonyl (C=O) groups is 2. The summed E-state index contributed by atoms with van der Waals surface area (Å²) in [6.07, 6.45) is 0.0621.